The molecule has 0 fully saturated rings. The molecule has 0 spiro atoms. The van der Waals surface area contributed by atoms with Crippen LogP contribution in [0.4, 0.5) is 5.69 Å². The van der Waals surface area contributed by atoms with Crippen LogP contribution in [0.2, 0.25) is 0 Å². The van der Waals surface area contributed by atoms with E-state index in [2.05, 4.69) is 38.2 Å². The Morgan fingerprint density at radius 2 is 1.90 bits per heavy atom. The Hall–Kier alpha value is -1.71. The molecule has 20 heavy (non-hydrogen) atoms. The zero-order valence-corrected chi connectivity index (χ0v) is 13.6. The normalized spacial score (nSPS) is 12.8. The van der Waals surface area contributed by atoms with E-state index in [0.29, 0.717) is 0 Å². The molecule has 0 saturated heterocycles. The van der Waals surface area contributed by atoms with Crippen molar-refractivity contribution in [1.29, 1.82) is 0 Å². The fraction of sp³-hybridized carbons (Fsp3) is 0.562. The molecule has 0 aliphatic carbocycles. The van der Waals surface area contributed by atoms with Crippen molar-refractivity contribution in [3.05, 3.63) is 23.8 Å². The maximum atomic E-state index is 12.0. The first-order chi connectivity index (χ1) is 9.16. The van der Waals surface area contributed by atoms with Gasteiger partial charge in [0.15, 0.2) is 0 Å². The van der Waals surface area contributed by atoms with E-state index in [1.54, 1.807) is 26.1 Å². The van der Waals surface area contributed by atoms with E-state index in [1.165, 1.54) is 5.56 Å². The molecule has 1 atom stereocenters. The van der Waals surface area contributed by atoms with E-state index in [9.17, 15) is 4.79 Å². The van der Waals surface area contributed by atoms with Crippen molar-refractivity contribution < 1.29 is 9.53 Å². The topological polar surface area (TPSA) is 41.6 Å². The fourth-order valence-electron chi connectivity index (χ4n) is 1.97. The van der Waals surface area contributed by atoms with Gasteiger partial charge in [0.05, 0.1) is 12.8 Å². The van der Waals surface area contributed by atoms with Crippen LogP contribution in [-0.2, 0) is 10.2 Å². The highest BCUT2D eigenvalue weighted by molar-refractivity contribution is 5.84. The van der Waals surface area contributed by atoms with Crippen molar-refractivity contribution >= 4 is 11.6 Å². The molecular weight excluding hydrogens is 252 g/mol. The molecule has 1 aromatic carbocycles. The third-order valence-electron chi connectivity index (χ3n) is 3.25. The smallest absolute Gasteiger partial charge is 0.244 e. The first-order valence-corrected chi connectivity index (χ1v) is 6.83. The Labute approximate surface area is 122 Å². The molecule has 1 aromatic rings. The first-order valence-electron chi connectivity index (χ1n) is 6.83. The Kier molecular flexibility index (Phi) is 5.03. The summed E-state index contributed by atoms with van der Waals surface area (Å²) >= 11 is 0. The summed E-state index contributed by atoms with van der Waals surface area (Å²) < 4.78 is 5.37. The van der Waals surface area contributed by atoms with Crippen LogP contribution in [-0.4, -0.2) is 38.1 Å². The monoisotopic (exact) mass is 278 g/mol. The third-order valence-corrected chi connectivity index (χ3v) is 3.25. The van der Waals surface area contributed by atoms with E-state index in [1.807, 2.05) is 13.0 Å². The minimum Gasteiger partial charge on any atom is -0.495 e. The second kappa shape index (κ2) is 6.16. The van der Waals surface area contributed by atoms with Gasteiger partial charge in [0.1, 0.15) is 11.8 Å². The average Bonchev–Trinajstić information content (AvgIpc) is 2.36. The number of carbonyl (C=O) groups excluding carboxylic acids is 1. The fourth-order valence-corrected chi connectivity index (χ4v) is 1.97. The highest BCUT2D eigenvalue weighted by Gasteiger charge is 2.19. The van der Waals surface area contributed by atoms with Crippen molar-refractivity contribution in [2.24, 2.45) is 0 Å². The van der Waals surface area contributed by atoms with Crippen molar-refractivity contribution in [2.75, 3.05) is 26.5 Å². The summed E-state index contributed by atoms with van der Waals surface area (Å²) in [7, 11) is 5.14. The second-order valence-corrected chi connectivity index (χ2v) is 6.26. The molecule has 0 heterocycles. The molecule has 4 heteroatoms. The minimum absolute atomic E-state index is 0.0354. The molecule has 1 N–H and O–H groups in total. The van der Waals surface area contributed by atoms with Crippen molar-refractivity contribution in [2.45, 2.75) is 39.2 Å². The zero-order chi connectivity index (χ0) is 15.5. The van der Waals surface area contributed by atoms with Gasteiger partial charge in [-0.2, -0.15) is 0 Å². The summed E-state index contributed by atoms with van der Waals surface area (Å²) in [6.45, 7) is 8.33. The van der Waals surface area contributed by atoms with Crippen LogP contribution in [0.25, 0.3) is 0 Å². The van der Waals surface area contributed by atoms with Gasteiger partial charge in [-0.05, 0) is 30.0 Å². The molecule has 0 bridgehead atoms. The summed E-state index contributed by atoms with van der Waals surface area (Å²) in [6, 6.07) is 5.75. The molecule has 112 valence electrons. The number of nitrogens with zero attached hydrogens (tertiary/aromatic N) is 1. The molecule has 0 aliphatic heterocycles. The number of ether oxygens (including phenoxy) is 1. The molecule has 4 nitrogen and oxygen atoms in total. The second-order valence-electron chi connectivity index (χ2n) is 6.26. The molecular formula is C16H26N2O2. The Bertz CT molecular complexity index is 476. The van der Waals surface area contributed by atoms with Gasteiger partial charge >= 0.3 is 0 Å². The Balaban J connectivity index is 3.06. The molecule has 0 aromatic heterocycles. The first kappa shape index (κ1) is 16.3. The Morgan fingerprint density at radius 1 is 1.30 bits per heavy atom. The van der Waals surface area contributed by atoms with Gasteiger partial charge < -0.3 is 15.0 Å². The van der Waals surface area contributed by atoms with Gasteiger partial charge in [0.2, 0.25) is 5.91 Å². The van der Waals surface area contributed by atoms with E-state index in [-0.39, 0.29) is 17.4 Å². The van der Waals surface area contributed by atoms with Gasteiger partial charge in [-0.25, -0.2) is 0 Å². The highest BCUT2D eigenvalue weighted by atomic mass is 16.5. The van der Waals surface area contributed by atoms with Crippen molar-refractivity contribution in [3.8, 4) is 5.75 Å². The number of amides is 1. The predicted molar refractivity (Wildman–Crippen MR) is 83.5 cm³/mol. The number of hydrogen-bond acceptors (Lipinski definition) is 3. The lowest BCUT2D eigenvalue weighted by Gasteiger charge is -2.24. The standard InChI is InChI=1S/C16H26N2O2/c1-11(15(19)18(5)6)17-13-10-12(16(2,3)4)8-9-14(13)20-7/h8-11,17H,1-7H3/t11-/m1/s1. The largest absolute Gasteiger partial charge is 0.495 e. The van der Waals surface area contributed by atoms with Gasteiger partial charge in [0, 0.05) is 14.1 Å². The van der Waals surface area contributed by atoms with E-state index < -0.39 is 0 Å². The number of benzene rings is 1. The van der Waals surface area contributed by atoms with Gasteiger partial charge in [-0.3, -0.25) is 4.79 Å². The maximum Gasteiger partial charge on any atom is 0.244 e. The van der Waals surface area contributed by atoms with Crippen molar-refractivity contribution in [1.82, 2.24) is 4.90 Å². The lowest BCUT2D eigenvalue weighted by Crippen LogP contribution is -2.36. The van der Waals surface area contributed by atoms with E-state index in [4.69, 9.17) is 4.74 Å². The average molecular weight is 278 g/mol. The van der Waals surface area contributed by atoms with Gasteiger partial charge in [0.25, 0.3) is 0 Å². The summed E-state index contributed by atoms with van der Waals surface area (Å²) in [5.74, 6) is 0.782. The SMILES string of the molecule is COc1ccc(C(C)(C)C)cc1N[C@H](C)C(=O)N(C)C. The molecule has 0 saturated carbocycles. The Morgan fingerprint density at radius 3 is 2.35 bits per heavy atom. The van der Waals surface area contributed by atoms with Crippen LogP contribution >= 0.6 is 0 Å². The van der Waals surface area contributed by atoms with Crippen molar-refractivity contribution in [3.63, 3.8) is 0 Å². The quantitative estimate of drug-likeness (QED) is 0.920. The molecule has 0 aliphatic rings. The molecule has 0 unspecified atom stereocenters. The van der Waals surface area contributed by atoms with E-state index in [0.717, 1.165) is 11.4 Å². The molecule has 0 radical (unpaired) electrons. The van der Waals surface area contributed by atoms with Crippen LogP contribution in [0.3, 0.4) is 0 Å². The van der Waals surface area contributed by atoms with Gasteiger partial charge in [-0.15, -0.1) is 0 Å². The van der Waals surface area contributed by atoms with Crippen LogP contribution in [0.1, 0.15) is 33.3 Å². The number of likely N-dealkylation sites (N-methyl/N-ethyl adjacent to an activating group) is 1. The molecule has 1 rings (SSSR count). The number of anilines is 1. The number of nitrogens with one attached hydrogen (secondary N) is 1. The summed E-state index contributed by atoms with van der Waals surface area (Å²) in [5.41, 5.74) is 2.10. The summed E-state index contributed by atoms with van der Waals surface area (Å²) in [6.07, 6.45) is 0. The maximum absolute atomic E-state index is 12.0. The van der Waals surface area contributed by atoms with Crippen LogP contribution < -0.4 is 10.1 Å². The number of carbonyl (C=O) groups is 1. The zero-order valence-electron chi connectivity index (χ0n) is 13.6. The number of rotatable bonds is 4. The summed E-state index contributed by atoms with van der Waals surface area (Å²) in [5, 5.41) is 3.24. The molecule has 1 amide bonds. The highest BCUT2D eigenvalue weighted by Crippen LogP contribution is 2.31. The van der Waals surface area contributed by atoms with Crippen LogP contribution in [0.5, 0.6) is 5.75 Å². The lowest BCUT2D eigenvalue weighted by atomic mass is 9.86. The summed E-state index contributed by atoms with van der Waals surface area (Å²) in [4.78, 5) is 13.5. The third kappa shape index (κ3) is 3.89. The van der Waals surface area contributed by atoms with Crippen LogP contribution in [0.15, 0.2) is 18.2 Å². The number of methoxy groups -OCH3 is 1. The minimum atomic E-state index is -0.297. The predicted octanol–water partition coefficient (Wildman–Crippen LogP) is 2.88. The lowest BCUT2D eigenvalue weighted by molar-refractivity contribution is -0.129. The number of hydrogen-bond donors (Lipinski definition) is 1. The van der Waals surface area contributed by atoms with E-state index >= 15 is 0 Å². The van der Waals surface area contributed by atoms with Gasteiger partial charge in [-0.1, -0.05) is 26.8 Å². The van der Waals surface area contributed by atoms with Crippen LogP contribution in [0, 0.1) is 0 Å².